The first-order chi connectivity index (χ1) is 9.88. The van der Waals surface area contributed by atoms with Gasteiger partial charge >= 0.3 is 0 Å². The van der Waals surface area contributed by atoms with E-state index in [0.717, 1.165) is 19.4 Å². The summed E-state index contributed by atoms with van der Waals surface area (Å²) < 4.78 is 0. The highest BCUT2D eigenvalue weighted by atomic mass is 16.2. The highest BCUT2D eigenvalue weighted by Gasteiger charge is 2.37. The zero-order chi connectivity index (χ0) is 15.6. The monoisotopic (exact) mass is 288 g/mol. The molecule has 2 rings (SSSR count). The van der Waals surface area contributed by atoms with Crippen LogP contribution in [0.5, 0.6) is 0 Å². The van der Waals surface area contributed by atoms with Crippen molar-refractivity contribution >= 4 is 5.91 Å². The Balaban J connectivity index is 2.25. The van der Waals surface area contributed by atoms with Crippen molar-refractivity contribution in [2.24, 2.45) is 0 Å². The maximum Gasteiger partial charge on any atom is 0.241 e. The Morgan fingerprint density at radius 1 is 1.14 bits per heavy atom. The van der Waals surface area contributed by atoms with Crippen molar-refractivity contribution < 1.29 is 4.79 Å². The molecule has 1 aromatic carbocycles. The first-order valence-electron chi connectivity index (χ1n) is 8.05. The quantitative estimate of drug-likeness (QED) is 0.918. The summed E-state index contributed by atoms with van der Waals surface area (Å²) in [6.07, 6.45) is 1.85. The van der Waals surface area contributed by atoms with Gasteiger partial charge in [0.15, 0.2) is 0 Å². The van der Waals surface area contributed by atoms with Crippen molar-refractivity contribution in [3.8, 4) is 0 Å². The lowest BCUT2D eigenvalue weighted by Crippen LogP contribution is -2.31. The van der Waals surface area contributed by atoms with Crippen molar-refractivity contribution in [3.63, 3.8) is 0 Å². The van der Waals surface area contributed by atoms with E-state index in [-0.39, 0.29) is 23.5 Å². The fourth-order valence-corrected chi connectivity index (χ4v) is 2.89. The number of carbonyl (C=O) groups excluding carboxylic acids is 1. The van der Waals surface area contributed by atoms with Crippen LogP contribution in [0.25, 0.3) is 0 Å². The molecular formula is C18H28N2O. The number of nitrogens with zero attached hydrogens (tertiary/aromatic N) is 1. The predicted molar refractivity (Wildman–Crippen MR) is 87.1 cm³/mol. The van der Waals surface area contributed by atoms with Crippen molar-refractivity contribution in [2.75, 3.05) is 6.54 Å². The number of benzene rings is 1. The minimum atomic E-state index is -0.0381. The second kappa shape index (κ2) is 6.18. The van der Waals surface area contributed by atoms with E-state index in [2.05, 4.69) is 64.2 Å². The van der Waals surface area contributed by atoms with Crippen LogP contribution in [0, 0.1) is 0 Å². The normalized spacial score (nSPS) is 22.9. The number of nitrogens with one attached hydrogen (secondary N) is 1. The van der Waals surface area contributed by atoms with E-state index < -0.39 is 0 Å². The minimum absolute atomic E-state index is 0.0245. The van der Waals surface area contributed by atoms with E-state index in [0.29, 0.717) is 0 Å². The molecule has 0 saturated carbocycles. The van der Waals surface area contributed by atoms with E-state index in [1.54, 1.807) is 0 Å². The molecule has 0 radical (unpaired) electrons. The predicted octanol–water partition coefficient (Wildman–Crippen LogP) is 3.60. The number of carbonyl (C=O) groups is 1. The molecule has 1 aliphatic rings. The van der Waals surface area contributed by atoms with Crippen LogP contribution < -0.4 is 5.32 Å². The van der Waals surface area contributed by atoms with Crippen LogP contribution >= 0.6 is 0 Å². The number of rotatable bonds is 4. The van der Waals surface area contributed by atoms with Gasteiger partial charge in [0.05, 0.1) is 6.04 Å². The van der Waals surface area contributed by atoms with Gasteiger partial charge in [0, 0.05) is 6.54 Å². The van der Waals surface area contributed by atoms with Gasteiger partial charge in [-0.25, -0.2) is 0 Å². The van der Waals surface area contributed by atoms with Gasteiger partial charge in [-0.3, -0.25) is 10.1 Å². The summed E-state index contributed by atoms with van der Waals surface area (Å²) in [6, 6.07) is 8.65. The lowest BCUT2D eigenvalue weighted by Gasteiger charge is -2.25. The van der Waals surface area contributed by atoms with Gasteiger partial charge in [0.2, 0.25) is 5.91 Å². The molecule has 116 valence electrons. The molecule has 1 N–H and O–H groups in total. The molecule has 0 spiro atoms. The maximum absolute atomic E-state index is 12.4. The SMILES string of the molecule is CCCN1C(=O)C(CC)NC1c1ccc(C(C)(C)C)cc1. The lowest BCUT2D eigenvalue weighted by molar-refractivity contribution is -0.130. The minimum Gasteiger partial charge on any atom is -0.322 e. The van der Waals surface area contributed by atoms with E-state index in [1.165, 1.54) is 11.1 Å². The molecule has 1 heterocycles. The molecule has 3 nitrogen and oxygen atoms in total. The molecule has 1 saturated heterocycles. The van der Waals surface area contributed by atoms with Crippen LogP contribution in [-0.4, -0.2) is 23.4 Å². The van der Waals surface area contributed by atoms with Gasteiger partial charge in [0.25, 0.3) is 0 Å². The average molecular weight is 288 g/mol. The van der Waals surface area contributed by atoms with Crippen LogP contribution in [0.2, 0.25) is 0 Å². The molecule has 0 aliphatic carbocycles. The van der Waals surface area contributed by atoms with Gasteiger partial charge in [-0.1, -0.05) is 58.9 Å². The fraction of sp³-hybridized carbons (Fsp3) is 0.611. The molecule has 2 atom stereocenters. The largest absolute Gasteiger partial charge is 0.322 e. The number of amides is 1. The molecule has 1 fully saturated rings. The van der Waals surface area contributed by atoms with Crippen LogP contribution in [0.4, 0.5) is 0 Å². The third-order valence-corrected chi connectivity index (χ3v) is 4.22. The molecule has 21 heavy (non-hydrogen) atoms. The topological polar surface area (TPSA) is 32.3 Å². The van der Waals surface area contributed by atoms with Crippen LogP contribution in [-0.2, 0) is 10.2 Å². The second-order valence-electron chi connectivity index (χ2n) is 6.93. The summed E-state index contributed by atoms with van der Waals surface area (Å²) in [5, 5.41) is 3.48. The summed E-state index contributed by atoms with van der Waals surface area (Å²) in [4.78, 5) is 14.4. The van der Waals surface area contributed by atoms with Gasteiger partial charge < -0.3 is 4.90 Å². The van der Waals surface area contributed by atoms with Gasteiger partial charge in [-0.2, -0.15) is 0 Å². The molecule has 0 bridgehead atoms. The molecular weight excluding hydrogens is 260 g/mol. The van der Waals surface area contributed by atoms with E-state index in [9.17, 15) is 4.79 Å². The van der Waals surface area contributed by atoms with Crippen molar-refractivity contribution in [2.45, 2.75) is 65.1 Å². The average Bonchev–Trinajstić information content (AvgIpc) is 2.76. The first-order valence-corrected chi connectivity index (χ1v) is 8.05. The van der Waals surface area contributed by atoms with Gasteiger partial charge in [0.1, 0.15) is 6.17 Å². The maximum atomic E-state index is 12.4. The summed E-state index contributed by atoms with van der Waals surface area (Å²) in [7, 11) is 0. The van der Waals surface area contributed by atoms with Crippen LogP contribution in [0.1, 0.15) is 64.8 Å². The highest BCUT2D eigenvalue weighted by molar-refractivity contribution is 5.84. The van der Waals surface area contributed by atoms with Gasteiger partial charge in [-0.05, 0) is 29.4 Å². The number of hydrogen-bond donors (Lipinski definition) is 1. The summed E-state index contributed by atoms with van der Waals surface area (Å²) >= 11 is 0. The molecule has 1 aromatic rings. The zero-order valence-electron chi connectivity index (χ0n) is 13.9. The summed E-state index contributed by atoms with van der Waals surface area (Å²) in [6.45, 7) is 11.6. The molecule has 1 amide bonds. The smallest absolute Gasteiger partial charge is 0.241 e. The Kier molecular flexibility index (Phi) is 4.72. The van der Waals surface area contributed by atoms with Crippen LogP contribution in [0.3, 0.4) is 0 Å². The Morgan fingerprint density at radius 3 is 2.24 bits per heavy atom. The molecule has 2 unspecified atom stereocenters. The van der Waals surface area contributed by atoms with Crippen LogP contribution in [0.15, 0.2) is 24.3 Å². The fourth-order valence-electron chi connectivity index (χ4n) is 2.89. The molecule has 1 aliphatic heterocycles. The Hall–Kier alpha value is -1.35. The van der Waals surface area contributed by atoms with Crippen molar-refractivity contribution in [3.05, 3.63) is 35.4 Å². The van der Waals surface area contributed by atoms with E-state index >= 15 is 0 Å². The van der Waals surface area contributed by atoms with E-state index in [1.807, 2.05) is 4.90 Å². The highest BCUT2D eigenvalue weighted by Crippen LogP contribution is 2.29. The third kappa shape index (κ3) is 3.29. The van der Waals surface area contributed by atoms with Gasteiger partial charge in [-0.15, -0.1) is 0 Å². The lowest BCUT2D eigenvalue weighted by atomic mass is 9.86. The standard InChI is InChI=1S/C18H28N2O/c1-6-12-20-16(19-15(7-2)17(20)21)13-8-10-14(11-9-13)18(3,4)5/h8-11,15-16,19H,6-7,12H2,1-5H3. The summed E-state index contributed by atoms with van der Waals surface area (Å²) in [5.41, 5.74) is 2.66. The van der Waals surface area contributed by atoms with E-state index in [4.69, 9.17) is 0 Å². The Morgan fingerprint density at radius 2 is 1.76 bits per heavy atom. The van der Waals surface area contributed by atoms with Crippen molar-refractivity contribution in [1.29, 1.82) is 0 Å². The second-order valence-corrected chi connectivity index (χ2v) is 6.93. The van der Waals surface area contributed by atoms with Crippen molar-refractivity contribution in [1.82, 2.24) is 10.2 Å². The molecule has 0 aromatic heterocycles. The third-order valence-electron chi connectivity index (χ3n) is 4.22. The first kappa shape index (κ1) is 16.0. The zero-order valence-corrected chi connectivity index (χ0v) is 13.9. The number of hydrogen-bond acceptors (Lipinski definition) is 2. The Labute approximate surface area is 128 Å². The molecule has 3 heteroatoms. The summed E-state index contributed by atoms with van der Waals surface area (Å²) in [5.74, 6) is 0.240. The Bertz CT molecular complexity index is 487.